The van der Waals surface area contributed by atoms with Crippen LogP contribution in [0.2, 0.25) is 0 Å². The van der Waals surface area contributed by atoms with E-state index in [1.807, 2.05) is 0 Å². The van der Waals surface area contributed by atoms with Gasteiger partial charge in [0.15, 0.2) is 0 Å². The lowest BCUT2D eigenvalue weighted by atomic mass is 9.98. The highest BCUT2D eigenvalue weighted by atomic mass is 16.3. The molecule has 1 rings (SSSR count). The molecule has 4 nitrogen and oxygen atoms in total. The number of rotatable bonds is 4. The maximum atomic E-state index is 10.5. The summed E-state index contributed by atoms with van der Waals surface area (Å²) < 4.78 is 4.98. The summed E-state index contributed by atoms with van der Waals surface area (Å²) in [6.45, 7) is -0.378. The van der Waals surface area contributed by atoms with Crippen molar-refractivity contribution >= 4 is 6.29 Å². The number of aldehydes is 1. The van der Waals surface area contributed by atoms with Gasteiger partial charge >= 0.3 is 0 Å². The standard InChI is InChI=1S/C8H11NO3/c9-8(5-10,6-11)4-7-2-1-3-12-7/h1-3,5,11H,4,6,9H2/t8-/m0/s1. The van der Waals surface area contributed by atoms with Gasteiger partial charge in [0.05, 0.1) is 12.9 Å². The van der Waals surface area contributed by atoms with E-state index in [0.29, 0.717) is 12.0 Å². The van der Waals surface area contributed by atoms with Crippen molar-refractivity contribution in [1.82, 2.24) is 0 Å². The number of carbonyl (C=O) groups is 1. The van der Waals surface area contributed by atoms with Crippen molar-refractivity contribution in [3.63, 3.8) is 0 Å². The van der Waals surface area contributed by atoms with Crippen molar-refractivity contribution in [3.8, 4) is 0 Å². The zero-order chi connectivity index (χ0) is 9.03. The van der Waals surface area contributed by atoms with E-state index in [-0.39, 0.29) is 13.0 Å². The third-order valence-corrected chi connectivity index (χ3v) is 1.61. The quantitative estimate of drug-likeness (QED) is 0.607. The van der Waals surface area contributed by atoms with Crippen LogP contribution < -0.4 is 5.73 Å². The Morgan fingerprint density at radius 3 is 2.92 bits per heavy atom. The second-order valence-electron chi connectivity index (χ2n) is 2.77. The number of aliphatic hydroxyl groups is 1. The van der Waals surface area contributed by atoms with Crippen LogP contribution in [0.4, 0.5) is 0 Å². The molecule has 3 N–H and O–H groups in total. The van der Waals surface area contributed by atoms with Gasteiger partial charge in [-0.3, -0.25) is 0 Å². The molecule has 0 aliphatic carbocycles. The van der Waals surface area contributed by atoms with E-state index in [4.69, 9.17) is 15.3 Å². The smallest absolute Gasteiger partial charge is 0.142 e. The Labute approximate surface area is 70.0 Å². The van der Waals surface area contributed by atoms with Gasteiger partial charge in [-0.15, -0.1) is 0 Å². The molecule has 0 saturated heterocycles. The minimum atomic E-state index is -1.21. The molecule has 66 valence electrons. The van der Waals surface area contributed by atoms with Crippen molar-refractivity contribution in [2.24, 2.45) is 5.73 Å². The average Bonchev–Trinajstić information content (AvgIpc) is 2.57. The fourth-order valence-corrected chi connectivity index (χ4v) is 0.872. The number of hydrogen-bond donors (Lipinski definition) is 2. The lowest BCUT2D eigenvalue weighted by Crippen LogP contribution is -2.47. The Bertz CT molecular complexity index is 245. The summed E-state index contributed by atoms with van der Waals surface area (Å²) in [6, 6.07) is 3.42. The van der Waals surface area contributed by atoms with Crippen LogP contribution in [0.5, 0.6) is 0 Å². The van der Waals surface area contributed by atoms with Gasteiger partial charge in [-0.05, 0) is 12.1 Å². The summed E-state index contributed by atoms with van der Waals surface area (Å²) >= 11 is 0. The molecule has 1 aromatic heterocycles. The van der Waals surface area contributed by atoms with Crippen molar-refractivity contribution in [1.29, 1.82) is 0 Å². The van der Waals surface area contributed by atoms with Gasteiger partial charge in [-0.2, -0.15) is 0 Å². The first-order valence-corrected chi connectivity index (χ1v) is 3.59. The summed E-state index contributed by atoms with van der Waals surface area (Å²) in [5, 5.41) is 8.79. The molecule has 0 saturated carbocycles. The molecule has 0 fully saturated rings. The Balaban J connectivity index is 2.66. The second-order valence-corrected chi connectivity index (χ2v) is 2.77. The number of furan rings is 1. The summed E-state index contributed by atoms with van der Waals surface area (Å²) in [5.74, 6) is 0.596. The Morgan fingerprint density at radius 1 is 1.75 bits per heavy atom. The van der Waals surface area contributed by atoms with E-state index in [0.717, 1.165) is 0 Å². The molecule has 0 radical (unpaired) electrons. The highest BCUT2D eigenvalue weighted by molar-refractivity contribution is 5.64. The first kappa shape index (κ1) is 8.96. The zero-order valence-electron chi connectivity index (χ0n) is 6.56. The van der Waals surface area contributed by atoms with Crippen LogP contribution in [0.3, 0.4) is 0 Å². The van der Waals surface area contributed by atoms with E-state index in [2.05, 4.69) is 0 Å². The molecule has 0 bridgehead atoms. The summed E-state index contributed by atoms with van der Waals surface area (Å²) in [6.07, 6.45) is 2.26. The monoisotopic (exact) mass is 169 g/mol. The SMILES string of the molecule is N[C@@](C=O)(CO)Cc1ccco1. The highest BCUT2D eigenvalue weighted by Crippen LogP contribution is 2.08. The van der Waals surface area contributed by atoms with Gasteiger partial charge in [-0.1, -0.05) is 0 Å². The second kappa shape index (κ2) is 3.51. The van der Waals surface area contributed by atoms with E-state index in [9.17, 15) is 4.79 Å². The van der Waals surface area contributed by atoms with Gasteiger partial charge in [0.2, 0.25) is 0 Å². The van der Waals surface area contributed by atoms with Gasteiger partial charge in [0.1, 0.15) is 17.6 Å². The van der Waals surface area contributed by atoms with E-state index in [1.54, 1.807) is 12.1 Å². The predicted molar refractivity (Wildman–Crippen MR) is 42.5 cm³/mol. The van der Waals surface area contributed by atoms with Crippen LogP contribution in [0.15, 0.2) is 22.8 Å². The molecule has 12 heavy (non-hydrogen) atoms. The van der Waals surface area contributed by atoms with Crippen LogP contribution >= 0.6 is 0 Å². The molecular weight excluding hydrogens is 158 g/mol. The van der Waals surface area contributed by atoms with Crippen molar-refractivity contribution < 1.29 is 14.3 Å². The molecule has 4 heteroatoms. The van der Waals surface area contributed by atoms with Crippen LogP contribution in [0.1, 0.15) is 5.76 Å². The third kappa shape index (κ3) is 1.93. The van der Waals surface area contributed by atoms with E-state index >= 15 is 0 Å². The van der Waals surface area contributed by atoms with Crippen LogP contribution in [-0.4, -0.2) is 23.5 Å². The van der Waals surface area contributed by atoms with E-state index in [1.165, 1.54) is 6.26 Å². The third-order valence-electron chi connectivity index (χ3n) is 1.61. The molecule has 0 aliphatic rings. The predicted octanol–water partition coefficient (Wildman–Crippen LogP) is -0.289. The lowest BCUT2D eigenvalue weighted by molar-refractivity contribution is -0.113. The topological polar surface area (TPSA) is 76.5 Å². The lowest BCUT2D eigenvalue weighted by Gasteiger charge is -2.17. The molecule has 0 aliphatic heterocycles. The first-order chi connectivity index (χ1) is 5.70. The van der Waals surface area contributed by atoms with Crippen LogP contribution in [0.25, 0.3) is 0 Å². The molecule has 0 amide bonds. The van der Waals surface area contributed by atoms with Crippen molar-refractivity contribution in [2.45, 2.75) is 12.0 Å². The molecule has 1 aromatic rings. The fraction of sp³-hybridized carbons (Fsp3) is 0.375. The Kier molecular flexibility index (Phi) is 2.62. The fourth-order valence-electron chi connectivity index (χ4n) is 0.872. The van der Waals surface area contributed by atoms with Gasteiger partial charge in [0.25, 0.3) is 0 Å². The van der Waals surface area contributed by atoms with Crippen LogP contribution in [0, 0.1) is 0 Å². The average molecular weight is 169 g/mol. The Morgan fingerprint density at radius 2 is 2.50 bits per heavy atom. The van der Waals surface area contributed by atoms with Gasteiger partial charge in [-0.25, -0.2) is 0 Å². The minimum absolute atomic E-state index is 0.222. The number of hydrogen-bond acceptors (Lipinski definition) is 4. The number of nitrogens with two attached hydrogens (primary N) is 1. The van der Waals surface area contributed by atoms with Crippen molar-refractivity contribution in [3.05, 3.63) is 24.2 Å². The molecule has 1 heterocycles. The van der Waals surface area contributed by atoms with Gasteiger partial charge < -0.3 is 20.1 Å². The zero-order valence-corrected chi connectivity index (χ0v) is 6.56. The normalized spacial score (nSPS) is 15.5. The van der Waals surface area contributed by atoms with Gasteiger partial charge in [0, 0.05) is 6.42 Å². The highest BCUT2D eigenvalue weighted by Gasteiger charge is 2.24. The van der Waals surface area contributed by atoms with Crippen molar-refractivity contribution in [2.75, 3.05) is 6.61 Å². The molecule has 0 unspecified atom stereocenters. The molecule has 1 atom stereocenters. The minimum Gasteiger partial charge on any atom is -0.469 e. The summed E-state index contributed by atoms with van der Waals surface area (Å²) in [7, 11) is 0. The Hall–Kier alpha value is -1.13. The van der Waals surface area contributed by atoms with E-state index < -0.39 is 5.54 Å². The number of aliphatic hydroxyl groups excluding tert-OH is 1. The first-order valence-electron chi connectivity index (χ1n) is 3.59. The molecular formula is C8H11NO3. The largest absolute Gasteiger partial charge is 0.469 e. The molecule has 0 aromatic carbocycles. The summed E-state index contributed by atoms with van der Waals surface area (Å²) in [5.41, 5.74) is 4.30. The summed E-state index contributed by atoms with van der Waals surface area (Å²) in [4.78, 5) is 10.5. The molecule has 0 spiro atoms. The number of carbonyl (C=O) groups excluding carboxylic acids is 1. The maximum absolute atomic E-state index is 10.5. The van der Waals surface area contributed by atoms with Crippen LogP contribution in [-0.2, 0) is 11.2 Å². The maximum Gasteiger partial charge on any atom is 0.142 e.